The first-order valence-corrected chi connectivity index (χ1v) is 10.4. The Balaban J connectivity index is 1.63. The highest BCUT2D eigenvalue weighted by Crippen LogP contribution is 2.33. The van der Waals surface area contributed by atoms with Crippen LogP contribution in [0.5, 0.6) is 17.2 Å². The molecule has 172 valence electrons. The van der Waals surface area contributed by atoms with E-state index in [4.69, 9.17) is 14.2 Å². The second-order valence-electron chi connectivity index (χ2n) is 7.73. The Morgan fingerprint density at radius 3 is 2.45 bits per heavy atom. The van der Waals surface area contributed by atoms with E-state index in [9.17, 15) is 4.79 Å². The Morgan fingerprint density at radius 2 is 1.73 bits per heavy atom. The molecular formula is C23H26N6O4. The Hall–Kier alpha value is -3.92. The van der Waals surface area contributed by atoms with Gasteiger partial charge in [-0.05, 0) is 45.3 Å². The number of aryl methyl sites for hydroxylation is 1. The van der Waals surface area contributed by atoms with Gasteiger partial charge in [-0.2, -0.15) is 0 Å². The van der Waals surface area contributed by atoms with E-state index < -0.39 is 0 Å². The molecule has 2 aromatic heterocycles. The Bertz CT molecular complexity index is 1370. The summed E-state index contributed by atoms with van der Waals surface area (Å²) >= 11 is 0. The first-order chi connectivity index (χ1) is 15.9. The summed E-state index contributed by atoms with van der Waals surface area (Å²) in [5.74, 6) is 2.33. The molecule has 0 saturated carbocycles. The van der Waals surface area contributed by atoms with E-state index in [0.717, 1.165) is 17.6 Å². The van der Waals surface area contributed by atoms with Crippen LogP contribution in [-0.4, -0.2) is 66.3 Å². The molecule has 0 bridgehead atoms. The minimum atomic E-state index is -0.288. The largest absolute Gasteiger partial charge is 0.493 e. The van der Waals surface area contributed by atoms with E-state index in [1.54, 1.807) is 38.5 Å². The third-order valence-electron chi connectivity index (χ3n) is 5.11. The van der Waals surface area contributed by atoms with E-state index >= 15 is 0 Å². The normalized spacial score (nSPS) is 11.2. The van der Waals surface area contributed by atoms with E-state index in [0.29, 0.717) is 46.2 Å². The number of H-pyrrole nitrogens is 1. The van der Waals surface area contributed by atoms with E-state index in [-0.39, 0.29) is 11.5 Å². The van der Waals surface area contributed by atoms with Crippen LogP contribution >= 0.6 is 0 Å². The van der Waals surface area contributed by atoms with Crippen LogP contribution in [0.2, 0.25) is 0 Å². The molecule has 2 aromatic carbocycles. The summed E-state index contributed by atoms with van der Waals surface area (Å²) in [6.45, 7) is 3.17. The molecular weight excluding hydrogens is 424 g/mol. The van der Waals surface area contributed by atoms with Crippen molar-refractivity contribution in [1.29, 1.82) is 0 Å². The molecule has 0 aliphatic heterocycles. The number of likely N-dealkylation sites (N-methyl/N-ethyl adjacent to an activating group) is 1. The molecule has 0 spiro atoms. The lowest BCUT2D eigenvalue weighted by atomic mass is 10.1. The molecule has 0 unspecified atom stereocenters. The SMILES string of the molecule is COc1cc2nc(Nc3nc4ccc(OCCN(C)C)cc4c(=O)[nH]3)nc(C)c2cc1OC. The minimum absolute atomic E-state index is 0.244. The summed E-state index contributed by atoms with van der Waals surface area (Å²) in [5.41, 5.74) is 1.66. The summed E-state index contributed by atoms with van der Waals surface area (Å²) in [7, 11) is 7.10. The summed E-state index contributed by atoms with van der Waals surface area (Å²) in [5, 5.41) is 4.27. The van der Waals surface area contributed by atoms with Crippen molar-refractivity contribution >= 4 is 33.7 Å². The lowest BCUT2D eigenvalue weighted by Gasteiger charge is -2.12. The minimum Gasteiger partial charge on any atom is -0.493 e. The van der Waals surface area contributed by atoms with Crippen molar-refractivity contribution in [2.75, 3.05) is 46.8 Å². The van der Waals surface area contributed by atoms with Crippen LogP contribution in [0.3, 0.4) is 0 Å². The fourth-order valence-corrected chi connectivity index (χ4v) is 3.38. The van der Waals surface area contributed by atoms with E-state index in [2.05, 4.69) is 25.3 Å². The first-order valence-electron chi connectivity index (χ1n) is 10.4. The lowest BCUT2D eigenvalue weighted by Crippen LogP contribution is -2.19. The van der Waals surface area contributed by atoms with Gasteiger partial charge in [0.05, 0.1) is 36.3 Å². The third kappa shape index (κ3) is 4.80. The summed E-state index contributed by atoms with van der Waals surface area (Å²) in [4.78, 5) is 31.0. The number of nitrogens with zero attached hydrogens (tertiary/aromatic N) is 4. The van der Waals surface area contributed by atoms with Crippen molar-refractivity contribution in [2.45, 2.75) is 6.92 Å². The Labute approximate surface area is 190 Å². The van der Waals surface area contributed by atoms with Crippen molar-refractivity contribution < 1.29 is 14.2 Å². The number of ether oxygens (including phenoxy) is 3. The number of aromatic amines is 1. The highest BCUT2D eigenvalue weighted by molar-refractivity contribution is 5.86. The van der Waals surface area contributed by atoms with Gasteiger partial charge < -0.3 is 19.1 Å². The molecule has 0 atom stereocenters. The number of benzene rings is 2. The van der Waals surface area contributed by atoms with Crippen LogP contribution in [0.1, 0.15) is 5.69 Å². The zero-order valence-electron chi connectivity index (χ0n) is 19.2. The highest BCUT2D eigenvalue weighted by atomic mass is 16.5. The lowest BCUT2D eigenvalue weighted by molar-refractivity contribution is 0.261. The van der Waals surface area contributed by atoms with Crippen LogP contribution < -0.4 is 25.1 Å². The zero-order chi connectivity index (χ0) is 23.5. The molecule has 10 nitrogen and oxygen atoms in total. The molecule has 4 rings (SSSR count). The number of rotatable bonds is 8. The van der Waals surface area contributed by atoms with Gasteiger partial charge in [0.25, 0.3) is 5.56 Å². The van der Waals surface area contributed by atoms with Crippen LogP contribution in [0, 0.1) is 6.92 Å². The first kappa shape index (κ1) is 22.3. The van der Waals surface area contributed by atoms with Gasteiger partial charge in [-0.15, -0.1) is 0 Å². The number of anilines is 2. The van der Waals surface area contributed by atoms with Gasteiger partial charge in [0.15, 0.2) is 11.5 Å². The van der Waals surface area contributed by atoms with Gasteiger partial charge in [0, 0.05) is 18.0 Å². The molecule has 33 heavy (non-hydrogen) atoms. The molecule has 0 aliphatic carbocycles. The van der Waals surface area contributed by atoms with Crippen LogP contribution in [-0.2, 0) is 0 Å². The smallest absolute Gasteiger partial charge is 0.260 e. The number of methoxy groups -OCH3 is 2. The van der Waals surface area contributed by atoms with Gasteiger partial charge in [0.2, 0.25) is 11.9 Å². The maximum atomic E-state index is 12.7. The van der Waals surface area contributed by atoms with Gasteiger partial charge in [-0.3, -0.25) is 15.1 Å². The van der Waals surface area contributed by atoms with Gasteiger partial charge in [-0.1, -0.05) is 0 Å². The summed E-state index contributed by atoms with van der Waals surface area (Å²) < 4.78 is 16.5. The quantitative estimate of drug-likeness (QED) is 0.418. The van der Waals surface area contributed by atoms with Crippen LogP contribution in [0.25, 0.3) is 21.8 Å². The van der Waals surface area contributed by atoms with E-state index in [1.165, 1.54) is 0 Å². The second-order valence-corrected chi connectivity index (χ2v) is 7.73. The fraction of sp³-hybridized carbons (Fsp3) is 0.304. The molecule has 0 saturated heterocycles. The van der Waals surface area contributed by atoms with Crippen molar-refractivity contribution in [1.82, 2.24) is 24.8 Å². The molecule has 0 amide bonds. The molecule has 2 heterocycles. The monoisotopic (exact) mass is 450 g/mol. The third-order valence-corrected chi connectivity index (χ3v) is 5.11. The standard InChI is InChI=1S/C23H26N6O4/c1-13-15-11-19(31-4)20(32-5)12-18(15)26-22(24-13)28-23-25-17-7-6-14(33-9-8-29(2)3)10-16(17)21(30)27-23/h6-7,10-12H,8-9H2,1-5H3,(H2,24,25,26,27,28,30). The Kier molecular flexibility index (Phi) is 6.27. The maximum Gasteiger partial charge on any atom is 0.260 e. The van der Waals surface area contributed by atoms with E-state index in [1.807, 2.05) is 32.0 Å². The summed E-state index contributed by atoms with van der Waals surface area (Å²) in [6.07, 6.45) is 0. The van der Waals surface area contributed by atoms with Crippen molar-refractivity contribution in [2.24, 2.45) is 0 Å². The molecule has 2 N–H and O–H groups in total. The zero-order valence-corrected chi connectivity index (χ0v) is 19.2. The van der Waals surface area contributed by atoms with Gasteiger partial charge >= 0.3 is 0 Å². The summed E-state index contributed by atoms with van der Waals surface area (Å²) in [6, 6.07) is 8.86. The Morgan fingerprint density at radius 1 is 0.970 bits per heavy atom. The second kappa shape index (κ2) is 9.29. The van der Waals surface area contributed by atoms with Crippen molar-refractivity contribution in [3.63, 3.8) is 0 Å². The molecule has 10 heteroatoms. The topological polar surface area (TPSA) is 114 Å². The van der Waals surface area contributed by atoms with Crippen LogP contribution in [0.15, 0.2) is 35.1 Å². The fourth-order valence-electron chi connectivity index (χ4n) is 3.38. The highest BCUT2D eigenvalue weighted by Gasteiger charge is 2.13. The molecule has 0 radical (unpaired) electrons. The average Bonchev–Trinajstić information content (AvgIpc) is 2.78. The number of hydrogen-bond acceptors (Lipinski definition) is 9. The van der Waals surface area contributed by atoms with Crippen LogP contribution in [0.4, 0.5) is 11.9 Å². The molecule has 0 aliphatic rings. The maximum absolute atomic E-state index is 12.7. The number of aromatic nitrogens is 4. The van der Waals surface area contributed by atoms with Crippen molar-refractivity contribution in [3.8, 4) is 17.2 Å². The van der Waals surface area contributed by atoms with Gasteiger partial charge in [-0.25, -0.2) is 15.0 Å². The number of fused-ring (bicyclic) bond motifs is 2. The predicted octanol–water partition coefficient (Wildman–Crippen LogP) is 2.88. The predicted molar refractivity (Wildman–Crippen MR) is 127 cm³/mol. The van der Waals surface area contributed by atoms with Crippen molar-refractivity contribution in [3.05, 3.63) is 46.4 Å². The number of nitrogens with one attached hydrogen (secondary N) is 2. The molecule has 0 fully saturated rings. The number of hydrogen-bond donors (Lipinski definition) is 2. The average molecular weight is 450 g/mol. The van der Waals surface area contributed by atoms with Gasteiger partial charge in [0.1, 0.15) is 12.4 Å². The molecule has 4 aromatic rings.